The topological polar surface area (TPSA) is 77.2 Å². The van der Waals surface area contributed by atoms with Gasteiger partial charge < -0.3 is 14.6 Å². The summed E-state index contributed by atoms with van der Waals surface area (Å²) < 4.78 is 11.7. The van der Waals surface area contributed by atoms with Crippen LogP contribution in [0.25, 0.3) is 0 Å². The first kappa shape index (κ1) is 17.2. The molecule has 6 nitrogen and oxygen atoms in total. The molecule has 0 fully saturated rings. The molecule has 0 atom stereocenters. The minimum Gasteiger partial charge on any atom is -0.489 e. The molecule has 0 radical (unpaired) electrons. The van der Waals surface area contributed by atoms with Crippen molar-refractivity contribution in [2.24, 2.45) is 0 Å². The number of ether oxygens (including phenoxy) is 1. The summed E-state index contributed by atoms with van der Waals surface area (Å²) in [5.74, 6) is 1.29. The number of halogens is 1. The van der Waals surface area contributed by atoms with E-state index in [1.165, 1.54) is 0 Å². The van der Waals surface area contributed by atoms with Crippen LogP contribution in [0.1, 0.15) is 27.4 Å². The van der Waals surface area contributed by atoms with Crippen molar-refractivity contribution in [3.05, 3.63) is 69.6 Å². The number of rotatable bonds is 5. The van der Waals surface area contributed by atoms with Gasteiger partial charge in [-0.2, -0.15) is 0 Å². The van der Waals surface area contributed by atoms with Crippen molar-refractivity contribution in [1.82, 2.24) is 10.1 Å². The van der Waals surface area contributed by atoms with Crippen molar-refractivity contribution in [3.8, 4) is 5.75 Å². The predicted octanol–water partition coefficient (Wildman–Crippen LogP) is 4.28. The molecule has 0 saturated heterocycles. The van der Waals surface area contributed by atoms with E-state index in [2.05, 4.69) is 31.4 Å². The summed E-state index contributed by atoms with van der Waals surface area (Å²) in [4.78, 5) is 16.6. The van der Waals surface area contributed by atoms with E-state index in [1.54, 1.807) is 25.3 Å². The van der Waals surface area contributed by atoms with Crippen LogP contribution in [0.3, 0.4) is 0 Å². The molecule has 2 aromatic heterocycles. The second kappa shape index (κ2) is 7.48. The lowest BCUT2D eigenvalue weighted by molar-refractivity contribution is 0.101. The Morgan fingerprint density at radius 2 is 1.96 bits per heavy atom. The summed E-state index contributed by atoms with van der Waals surface area (Å²) in [6, 6.07) is 11.2. The largest absolute Gasteiger partial charge is 0.489 e. The fourth-order valence-corrected chi connectivity index (χ4v) is 2.39. The summed E-state index contributed by atoms with van der Waals surface area (Å²) >= 11 is 3.30. The number of aromatic nitrogens is 2. The highest BCUT2D eigenvalue weighted by molar-refractivity contribution is 9.10. The quantitative estimate of drug-likeness (QED) is 0.690. The van der Waals surface area contributed by atoms with E-state index in [-0.39, 0.29) is 12.3 Å². The molecular formula is C18H16BrN3O3. The molecule has 0 aliphatic heterocycles. The molecule has 128 valence electrons. The van der Waals surface area contributed by atoms with Crippen molar-refractivity contribution < 1.29 is 14.1 Å². The summed E-state index contributed by atoms with van der Waals surface area (Å²) in [5.41, 5.74) is 1.94. The highest BCUT2D eigenvalue weighted by atomic mass is 79.9. The van der Waals surface area contributed by atoms with Gasteiger partial charge in [0.25, 0.3) is 5.91 Å². The second-order valence-electron chi connectivity index (χ2n) is 5.48. The van der Waals surface area contributed by atoms with Crippen molar-refractivity contribution in [1.29, 1.82) is 0 Å². The van der Waals surface area contributed by atoms with Crippen LogP contribution < -0.4 is 10.1 Å². The standard InChI is InChI=1S/C18H16BrN3O3/c1-11-3-6-14(7-4-11)24-10-15-12(2)25-22-17(15)18(23)21-16-8-5-13(19)9-20-16/h3-9H,10H2,1-2H3,(H,20,21,23). The Morgan fingerprint density at radius 1 is 1.20 bits per heavy atom. The van der Waals surface area contributed by atoms with Gasteiger partial charge in [0.1, 0.15) is 23.9 Å². The minimum absolute atomic E-state index is 0.189. The first-order valence-electron chi connectivity index (χ1n) is 7.60. The molecule has 0 aliphatic rings. The Kier molecular flexibility index (Phi) is 5.14. The summed E-state index contributed by atoms with van der Waals surface area (Å²) in [6.45, 7) is 3.94. The van der Waals surface area contributed by atoms with Crippen molar-refractivity contribution >= 4 is 27.7 Å². The maximum absolute atomic E-state index is 12.4. The van der Waals surface area contributed by atoms with Crippen LogP contribution in [-0.2, 0) is 6.61 Å². The highest BCUT2D eigenvalue weighted by Crippen LogP contribution is 2.19. The summed E-state index contributed by atoms with van der Waals surface area (Å²) in [6.07, 6.45) is 1.60. The Hall–Kier alpha value is -2.67. The van der Waals surface area contributed by atoms with Gasteiger partial charge in [0.05, 0.1) is 5.56 Å². The van der Waals surface area contributed by atoms with E-state index in [0.29, 0.717) is 22.9 Å². The van der Waals surface area contributed by atoms with Gasteiger partial charge in [-0.1, -0.05) is 22.9 Å². The van der Waals surface area contributed by atoms with Crippen LogP contribution in [0, 0.1) is 13.8 Å². The number of benzene rings is 1. The number of carbonyl (C=O) groups excluding carboxylic acids is 1. The molecule has 0 unspecified atom stereocenters. The first-order valence-corrected chi connectivity index (χ1v) is 8.40. The molecule has 0 spiro atoms. The van der Waals surface area contributed by atoms with Crippen LogP contribution in [0.5, 0.6) is 5.75 Å². The van der Waals surface area contributed by atoms with E-state index in [4.69, 9.17) is 9.26 Å². The van der Waals surface area contributed by atoms with Gasteiger partial charge in [-0.15, -0.1) is 0 Å². The molecule has 3 aromatic rings. The third-order valence-electron chi connectivity index (χ3n) is 3.57. The van der Waals surface area contributed by atoms with Gasteiger partial charge in [-0.25, -0.2) is 4.98 Å². The van der Waals surface area contributed by atoms with Crippen LogP contribution >= 0.6 is 15.9 Å². The Bertz CT molecular complexity index is 874. The molecule has 3 rings (SSSR count). The second-order valence-corrected chi connectivity index (χ2v) is 6.40. The minimum atomic E-state index is -0.394. The predicted molar refractivity (Wildman–Crippen MR) is 96.6 cm³/mol. The van der Waals surface area contributed by atoms with Gasteiger partial charge in [-0.05, 0) is 54.0 Å². The van der Waals surface area contributed by atoms with Gasteiger partial charge >= 0.3 is 0 Å². The van der Waals surface area contributed by atoms with Crippen LogP contribution in [0.15, 0.2) is 51.6 Å². The number of carbonyl (C=O) groups is 1. The third kappa shape index (κ3) is 4.24. The number of hydrogen-bond acceptors (Lipinski definition) is 5. The molecule has 0 aliphatic carbocycles. The van der Waals surface area contributed by atoms with Gasteiger partial charge in [-0.3, -0.25) is 4.79 Å². The van der Waals surface area contributed by atoms with E-state index in [1.807, 2.05) is 31.2 Å². The van der Waals surface area contributed by atoms with E-state index in [0.717, 1.165) is 10.0 Å². The molecule has 2 heterocycles. The first-order chi connectivity index (χ1) is 12.0. The number of amides is 1. The fraction of sp³-hybridized carbons (Fsp3) is 0.167. The number of pyridine rings is 1. The Morgan fingerprint density at radius 3 is 2.64 bits per heavy atom. The zero-order chi connectivity index (χ0) is 17.8. The molecular weight excluding hydrogens is 386 g/mol. The van der Waals surface area contributed by atoms with Gasteiger partial charge in [0.2, 0.25) is 0 Å². The summed E-state index contributed by atoms with van der Waals surface area (Å²) in [5, 5.41) is 6.55. The molecule has 0 saturated carbocycles. The average Bonchev–Trinajstić information content (AvgIpc) is 2.97. The SMILES string of the molecule is Cc1ccc(OCc2c(C(=O)Nc3ccc(Br)cn3)noc2C)cc1. The number of nitrogens with one attached hydrogen (secondary N) is 1. The highest BCUT2D eigenvalue weighted by Gasteiger charge is 2.20. The molecule has 25 heavy (non-hydrogen) atoms. The molecule has 7 heteroatoms. The van der Waals surface area contributed by atoms with Crippen molar-refractivity contribution in [3.63, 3.8) is 0 Å². The maximum Gasteiger partial charge on any atom is 0.279 e. The lowest BCUT2D eigenvalue weighted by atomic mass is 10.2. The zero-order valence-electron chi connectivity index (χ0n) is 13.7. The Balaban J connectivity index is 1.72. The molecule has 1 N–H and O–H groups in total. The molecule has 1 aromatic carbocycles. The lowest BCUT2D eigenvalue weighted by Gasteiger charge is -2.07. The van der Waals surface area contributed by atoms with E-state index >= 15 is 0 Å². The Labute approximate surface area is 153 Å². The van der Waals surface area contributed by atoms with Gasteiger partial charge in [0.15, 0.2) is 5.69 Å². The van der Waals surface area contributed by atoms with E-state index in [9.17, 15) is 4.79 Å². The normalized spacial score (nSPS) is 10.5. The van der Waals surface area contributed by atoms with Gasteiger partial charge in [0, 0.05) is 10.7 Å². The van der Waals surface area contributed by atoms with Crippen molar-refractivity contribution in [2.45, 2.75) is 20.5 Å². The molecule has 0 bridgehead atoms. The van der Waals surface area contributed by atoms with Crippen LogP contribution in [0.2, 0.25) is 0 Å². The summed E-state index contributed by atoms with van der Waals surface area (Å²) in [7, 11) is 0. The monoisotopic (exact) mass is 401 g/mol. The van der Waals surface area contributed by atoms with Crippen LogP contribution in [0.4, 0.5) is 5.82 Å². The van der Waals surface area contributed by atoms with Crippen molar-refractivity contribution in [2.75, 3.05) is 5.32 Å². The fourth-order valence-electron chi connectivity index (χ4n) is 2.15. The smallest absolute Gasteiger partial charge is 0.279 e. The molecule has 1 amide bonds. The number of anilines is 1. The number of hydrogen-bond donors (Lipinski definition) is 1. The van der Waals surface area contributed by atoms with E-state index < -0.39 is 5.91 Å². The number of nitrogens with zero attached hydrogens (tertiary/aromatic N) is 2. The average molecular weight is 402 g/mol. The maximum atomic E-state index is 12.4. The third-order valence-corrected chi connectivity index (χ3v) is 4.04. The van der Waals surface area contributed by atoms with Crippen LogP contribution in [-0.4, -0.2) is 16.0 Å². The number of aryl methyl sites for hydroxylation is 2. The zero-order valence-corrected chi connectivity index (χ0v) is 15.3. The lowest BCUT2D eigenvalue weighted by Crippen LogP contribution is -2.16.